The lowest BCUT2D eigenvalue weighted by atomic mass is 10.0. The standard InChI is InChI=1S/C21H30N4O.H2/c1-6-7-11-22-21-23-13-18(20(26)25(5)14-15(2)3)19(24-21)17-10-8-9-16(4)12-17;/h8-10,12-13,15H,6-7,11,14H2,1-5H3,(H,22,23,24);1H. The van der Waals surface area contributed by atoms with Crippen LogP contribution in [0.15, 0.2) is 30.5 Å². The molecule has 1 amide bonds. The van der Waals surface area contributed by atoms with Gasteiger partial charge in [0.25, 0.3) is 5.91 Å². The Bertz CT molecular complexity index is 749. The molecule has 1 aromatic heterocycles. The van der Waals surface area contributed by atoms with Crippen LogP contribution < -0.4 is 5.32 Å². The number of hydrogen-bond donors (Lipinski definition) is 1. The van der Waals surface area contributed by atoms with Gasteiger partial charge in [-0.3, -0.25) is 4.79 Å². The smallest absolute Gasteiger partial charge is 0.257 e. The monoisotopic (exact) mass is 356 g/mol. The minimum absolute atomic E-state index is 0. The van der Waals surface area contributed by atoms with E-state index in [1.807, 2.05) is 32.2 Å². The molecule has 1 heterocycles. The van der Waals surface area contributed by atoms with Crippen LogP contribution in [0, 0.1) is 12.8 Å². The lowest BCUT2D eigenvalue weighted by Gasteiger charge is -2.21. The largest absolute Gasteiger partial charge is 0.354 e. The van der Waals surface area contributed by atoms with Gasteiger partial charge < -0.3 is 10.2 Å². The molecular formula is C21H32N4O. The number of hydrogen-bond acceptors (Lipinski definition) is 4. The number of aryl methyl sites for hydroxylation is 1. The maximum Gasteiger partial charge on any atom is 0.257 e. The molecule has 0 aliphatic carbocycles. The van der Waals surface area contributed by atoms with E-state index in [1.54, 1.807) is 11.1 Å². The summed E-state index contributed by atoms with van der Waals surface area (Å²) in [5.41, 5.74) is 3.30. The van der Waals surface area contributed by atoms with Crippen molar-refractivity contribution < 1.29 is 6.22 Å². The van der Waals surface area contributed by atoms with Crippen LogP contribution in [0.3, 0.4) is 0 Å². The van der Waals surface area contributed by atoms with Gasteiger partial charge in [0.05, 0.1) is 11.3 Å². The molecule has 0 unspecified atom stereocenters. The van der Waals surface area contributed by atoms with E-state index in [2.05, 4.69) is 42.1 Å². The summed E-state index contributed by atoms with van der Waals surface area (Å²) in [6.07, 6.45) is 3.81. The molecule has 0 saturated heterocycles. The summed E-state index contributed by atoms with van der Waals surface area (Å²) in [6, 6.07) is 8.07. The van der Waals surface area contributed by atoms with Crippen molar-refractivity contribution in [1.82, 2.24) is 14.9 Å². The minimum Gasteiger partial charge on any atom is -0.354 e. The van der Waals surface area contributed by atoms with Crippen molar-refractivity contribution in [2.24, 2.45) is 5.92 Å². The Balaban J connectivity index is 0.00000364. The highest BCUT2D eigenvalue weighted by atomic mass is 16.2. The fourth-order valence-corrected chi connectivity index (χ4v) is 2.85. The van der Waals surface area contributed by atoms with Crippen LogP contribution in [0.25, 0.3) is 11.3 Å². The second kappa shape index (κ2) is 9.32. The first-order valence-electron chi connectivity index (χ1n) is 9.35. The van der Waals surface area contributed by atoms with Gasteiger partial charge in [-0.2, -0.15) is 0 Å². The van der Waals surface area contributed by atoms with Crippen LogP contribution in [0.4, 0.5) is 5.95 Å². The number of aromatic nitrogens is 2. The Hall–Kier alpha value is -2.43. The van der Waals surface area contributed by atoms with Crippen LogP contribution in [0.1, 0.15) is 51.0 Å². The van der Waals surface area contributed by atoms with Gasteiger partial charge >= 0.3 is 0 Å². The average Bonchev–Trinajstić information content (AvgIpc) is 2.60. The predicted octanol–water partition coefficient (Wildman–Crippen LogP) is 4.64. The van der Waals surface area contributed by atoms with Gasteiger partial charge in [0.1, 0.15) is 0 Å². The van der Waals surface area contributed by atoms with E-state index >= 15 is 0 Å². The molecule has 0 atom stereocenters. The number of nitrogens with one attached hydrogen (secondary N) is 1. The maximum absolute atomic E-state index is 13.0. The fraction of sp³-hybridized carbons (Fsp3) is 0.476. The number of rotatable bonds is 8. The summed E-state index contributed by atoms with van der Waals surface area (Å²) in [5, 5.41) is 3.25. The molecule has 0 saturated carbocycles. The Labute approximate surface area is 158 Å². The molecule has 26 heavy (non-hydrogen) atoms. The van der Waals surface area contributed by atoms with E-state index in [0.29, 0.717) is 29.7 Å². The molecule has 0 fully saturated rings. The maximum atomic E-state index is 13.0. The molecule has 0 aliphatic heterocycles. The van der Waals surface area contributed by atoms with E-state index in [1.165, 1.54) is 0 Å². The fourth-order valence-electron chi connectivity index (χ4n) is 2.85. The van der Waals surface area contributed by atoms with Crippen molar-refractivity contribution in [3.05, 3.63) is 41.6 Å². The zero-order chi connectivity index (χ0) is 19.1. The number of nitrogens with zero attached hydrogens (tertiary/aromatic N) is 3. The number of carbonyl (C=O) groups excluding carboxylic acids is 1. The second-order valence-corrected chi connectivity index (χ2v) is 7.19. The normalized spacial score (nSPS) is 10.8. The first-order chi connectivity index (χ1) is 12.4. The Morgan fingerprint density at radius 1 is 1.35 bits per heavy atom. The third kappa shape index (κ3) is 5.28. The zero-order valence-electron chi connectivity index (χ0n) is 16.5. The summed E-state index contributed by atoms with van der Waals surface area (Å²) in [5.74, 6) is 0.926. The number of amides is 1. The molecule has 1 aromatic carbocycles. The zero-order valence-corrected chi connectivity index (χ0v) is 16.5. The molecule has 5 heteroatoms. The van der Waals surface area contributed by atoms with Crippen LogP contribution in [0.5, 0.6) is 0 Å². The minimum atomic E-state index is -0.0460. The van der Waals surface area contributed by atoms with Gasteiger partial charge in [0.2, 0.25) is 5.95 Å². The quantitative estimate of drug-likeness (QED) is 0.700. The number of unbranched alkanes of at least 4 members (excludes halogenated alkanes) is 1. The van der Waals surface area contributed by atoms with Crippen molar-refractivity contribution in [3.8, 4) is 11.3 Å². The van der Waals surface area contributed by atoms with Gasteiger partial charge in [-0.05, 0) is 25.3 Å². The van der Waals surface area contributed by atoms with Crippen molar-refractivity contribution >= 4 is 11.9 Å². The number of benzene rings is 1. The van der Waals surface area contributed by atoms with Crippen LogP contribution >= 0.6 is 0 Å². The van der Waals surface area contributed by atoms with Crippen molar-refractivity contribution in [1.29, 1.82) is 0 Å². The van der Waals surface area contributed by atoms with Crippen molar-refractivity contribution in [2.75, 3.05) is 25.5 Å². The van der Waals surface area contributed by atoms with Gasteiger partial charge in [-0.1, -0.05) is 51.0 Å². The van der Waals surface area contributed by atoms with Gasteiger partial charge in [-0.15, -0.1) is 0 Å². The van der Waals surface area contributed by atoms with Gasteiger partial charge in [-0.25, -0.2) is 9.97 Å². The molecule has 0 aliphatic rings. The molecule has 0 spiro atoms. The topological polar surface area (TPSA) is 58.1 Å². The van der Waals surface area contributed by atoms with Crippen molar-refractivity contribution in [2.45, 2.75) is 40.5 Å². The summed E-state index contributed by atoms with van der Waals surface area (Å²) in [4.78, 5) is 23.7. The second-order valence-electron chi connectivity index (χ2n) is 7.19. The summed E-state index contributed by atoms with van der Waals surface area (Å²) < 4.78 is 0. The lowest BCUT2D eigenvalue weighted by Crippen LogP contribution is -2.31. The van der Waals surface area contributed by atoms with E-state index in [9.17, 15) is 4.79 Å². The molecule has 2 aromatic rings. The summed E-state index contributed by atoms with van der Waals surface area (Å²) in [7, 11) is 1.83. The van der Waals surface area contributed by atoms with Crippen LogP contribution in [0.2, 0.25) is 0 Å². The van der Waals surface area contributed by atoms with E-state index in [0.717, 1.165) is 30.5 Å². The highest BCUT2D eigenvalue weighted by molar-refractivity contribution is 5.99. The molecular weight excluding hydrogens is 324 g/mol. The van der Waals surface area contributed by atoms with Crippen LogP contribution in [-0.4, -0.2) is 40.9 Å². The predicted molar refractivity (Wildman–Crippen MR) is 110 cm³/mol. The summed E-state index contributed by atoms with van der Waals surface area (Å²) >= 11 is 0. The van der Waals surface area contributed by atoms with Gasteiger partial charge in [0, 0.05) is 33.3 Å². The molecule has 5 nitrogen and oxygen atoms in total. The van der Waals surface area contributed by atoms with Crippen molar-refractivity contribution in [3.63, 3.8) is 0 Å². The molecule has 2 rings (SSSR count). The number of carbonyl (C=O) groups is 1. The Morgan fingerprint density at radius 3 is 2.77 bits per heavy atom. The molecule has 142 valence electrons. The molecule has 0 radical (unpaired) electrons. The third-order valence-electron chi connectivity index (χ3n) is 4.11. The average molecular weight is 357 g/mol. The van der Waals surface area contributed by atoms with E-state index in [4.69, 9.17) is 0 Å². The third-order valence-corrected chi connectivity index (χ3v) is 4.11. The Kier molecular flexibility index (Phi) is 7.13. The first kappa shape index (κ1) is 19.9. The van der Waals surface area contributed by atoms with Crippen LogP contribution in [-0.2, 0) is 0 Å². The summed E-state index contributed by atoms with van der Waals surface area (Å²) in [6.45, 7) is 9.91. The number of anilines is 1. The highest BCUT2D eigenvalue weighted by Gasteiger charge is 2.20. The van der Waals surface area contributed by atoms with E-state index < -0.39 is 0 Å². The van der Waals surface area contributed by atoms with Gasteiger partial charge in [0.15, 0.2) is 0 Å². The SMILES string of the molecule is CCCCNc1ncc(C(=O)N(C)CC(C)C)c(-c2cccc(C)c2)n1.[HH]. The molecule has 1 N–H and O–H groups in total. The Morgan fingerprint density at radius 2 is 2.12 bits per heavy atom. The van der Waals surface area contributed by atoms with E-state index in [-0.39, 0.29) is 7.33 Å². The molecule has 0 bridgehead atoms. The lowest BCUT2D eigenvalue weighted by molar-refractivity contribution is 0.0779. The highest BCUT2D eigenvalue weighted by Crippen LogP contribution is 2.24. The first-order valence-corrected chi connectivity index (χ1v) is 9.35.